The molecule has 2 rings (SSSR count). The minimum Gasteiger partial charge on any atom is -0.493 e. The third-order valence-corrected chi connectivity index (χ3v) is 4.79. The Kier molecular flexibility index (Phi) is 6.16. The summed E-state index contributed by atoms with van der Waals surface area (Å²) in [5.41, 5.74) is 1.05. The summed E-state index contributed by atoms with van der Waals surface area (Å²) in [4.78, 5) is -0.00721. The van der Waals surface area contributed by atoms with Crippen LogP contribution in [0.1, 0.15) is 17.3 Å². The summed E-state index contributed by atoms with van der Waals surface area (Å²) < 4.78 is 22.0. The fourth-order valence-electron chi connectivity index (χ4n) is 2.27. The molecule has 0 aromatic heterocycles. The number of ether oxygens (including phenoxy) is 4. The number of rotatable bonds is 7. The van der Waals surface area contributed by atoms with Crippen molar-refractivity contribution in [2.75, 3.05) is 21.3 Å². The Morgan fingerprint density at radius 3 is 1.96 bits per heavy atom. The second-order valence-corrected chi connectivity index (χ2v) is 5.98. The maximum atomic E-state index is 6.04. The molecule has 0 unspecified atom stereocenters. The number of hydrogen-bond donors (Lipinski definition) is 0. The zero-order chi connectivity index (χ0) is 16.8. The van der Waals surface area contributed by atoms with Crippen LogP contribution in [0.3, 0.4) is 0 Å². The maximum absolute atomic E-state index is 6.04. The van der Waals surface area contributed by atoms with Crippen molar-refractivity contribution in [2.45, 2.75) is 17.9 Å². The SMILES string of the molecule is COc1ccc([C@H](Br)[C@H](C)Oc2ccccc2OC)cc1OC. The molecule has 0 fully saturated rings. The molecule has 2 aromatic carbocycles. The Labute approximate surface area is 145 Å². The number of hydrogen-bond acceptors (Lipinski definition) is 4. The first-order valence-corrected chi connectivity index (χ1v) is 8.18. The van der Waals surface area contributed by atoms with Crippen molar-refractivity contribution < 1.29 is 18.9 Å². The van der Waals surface area contributed by atoms with Gasteiger partial charge in [-0.05, 0) is 36.8 Å². The summed E-state index contributed by atoms with van der Waals surface area (Å²) in [7, 11) is 4.88. The van der Waals surface area contributed by atoms with Crippen LogP contribution >= 0.6 is 15.9 Å². The van der Waals surface area contributed by atoms with E-state index in [1.54, 1.807) is 21.3 Å². The second kappa shape index (κ2) is 8.11. The molecule has 5 heteroatoms. The fourth-order valence-corrected chi connectivity index (χ4v) is 2.66. The lowest BCUT2D eigenvalue weighted by Gasteiger charge is -2.22. The predicted octanol–water partition coefficient (Wildman–Crippen LogP) is 4.62. The van der Waals surface area contributed by atoms with E-state index in [4.69, 9.17) is 18.9 Å². The molecule has 0 aliphatic carbocycles. The van der Waals surface area contributed by atoms with E-state index in [9.17, 15) is 0 Å². The van der Waals surface area contributed by atoms with E-state index in [0.717, 1.165) is 5.56 Å². The van der Waals surface area contributed by atoms with Crippen LogP contribution in [0.25, 0.3) is 0 Å². The second-order valence-electron chi connectivity index (χ2n) is 4.99. The zero-order valence-corrected chi connectivity index (χ0v) is 15.3. The van der Waals surface area contributed by atoms with Gasteiger partial charge in [-0.1, -0.05) is 34.1 Å². The van der Waals surface area contributed by atoms with Crippen LogP contribution in [0.4, 0.5) is 0 Å². The van der Waals surface area contributed by atoms with Gasteiger partial charge in [0.15, 0.2) is 23.0 Å². The highest BCUT2D eigenvalue weighted by atomic mass is 79.9. The molecule has 2 atom stereocenters. The van der Waals surface area contributed by atoms with Gasteiger partial charge in [0, 0.05) is 0 Å². The van der Waals surface area contributed by atoms with Crippen molar-refractivity contribution >= 4 is 15.9 Å². The van der Waals surface area contributed by atoms with Gasteiger partial charge < -0.3 is 18.9 Å². The van der Waals surface area contributed by atoms with E-state index in [1.165, 1.54) is 0 Å². The molecule has 0 spiro atoms. The molecule has 0 amide bonds. The molecule has 0 N–H and O–H groups in total. The van der Waals surface area contributed by atoms with E-state index >= 15 is 0 Å². The highest BCUT2D eigenvalue weighted by Gasteiger charge is 2.20. The molecule has 0 aliphatic heterocycles. The van der Waals surface area contributed by atoms with Crippen LogP contribution in [0.2, 0.25) is 0 Å². The molecule has 0 heterocycles. The van der Waals surface area contributed by atoms with Gasteiger partial charge in [0.25, 0.3) is 0 Å². The lowest BCUT2D eigenvalue weighted by molar-refractivity contribution is 0.210. The van der Waals surface area contributed by atoms with Crippen molar-refractivity contribution in [2.24, 2.45) is 0 Å². The molecule has 2 aromatic rings. The molecule has 0 saturated carbocycles. The van der Waals surface area contributed by atoms with Crippen molar-refractivity contribution in [3.8, 4) is 23.0 Å². The lowest BCUT2D eigenvalue weighted by Crippen LogP contribution is -2.18. The van der Waals surface area contributed by atoms with Crippen LogP contribution in [0.5, 0.6) is 23.0 Å². The largest absolute Gasteiger partial charge is 0.493 e. The van der Waals surface area contributed by atoms with Gasteiger partial charge >= 0.3 is 0 Å². The Morgan fingerprint density at radius 1 is 0.783 bits per heavy atom. The molecule has 0 saturated heterocycles. The highest BCUT2D eigenvalue weighted by molar-refractivity contribution is 9.09. The van der Waals surface area contributed by atoms with Gasteiger partial charge in [-0.3, -0.25) is 0 Å². The Balaban J connectivity index is 2.17. The Hall–Kier alpha value is -1.88. The van der Waals surface area contributed by atoms with Gasteiger partial charge in [-0.15, -0.1) is 0 Å². The average molecular weight is 381 g/mol. The molecular weight excluding hydrogens is 360 g/mol. The number of benzene rings is 2. The van der Waals surface area contributed by atoms with Crippen molar-refractivity contribution in [3.63, 3.8) is 0 Å². The van der Waals surface area contributed by atoms with Crippen LogP contribution in [-0.2, 0) is 0 Å². The van der Waals surface area contributed by atoms with Crippen molar-refractivity contribution in [3.05, 3.63) is 48.0 Å². The zero-order valence-electron chi connectivity index (χ0n) is 13.7. The summed E-state index contributed by atoms with van der Waals surface area (Å²) in [6, 6.07) is 13.4. The summed E-state index contributed by atoms with van der Waals surface area (Å²) >= 11 is 3.70. The normalized spacial score (nSPS) is 13.1. The first-order valence-electron chi connectivity index (χ1n) is 7.26. The van der Waals surface area contributed by atoms with Gasteiger partial charge in [-0.2, -0.15) is 0 Å². The fraction of sp³-hybridized carbons (Fsp3) is 0.333. The van der Waals surface area contributed by atoms with Crippen molar-refractivity contribution in [1.82, 2.24) is 0 Å². The molecule has 4 nitrogen and oxygen atoms in total. The summed E-state index contributed by atoms with van der Waals surface area (Å²) in [6.07, 6.45) is -0.107. The van der Waals surface area contributed by atoms with E-state index in [0.29, 0.717) is 23.0 Å². The maximum Gasteiger partial charge on any atom is 0.161 e. The highest BCUT2D eigenvalue weighted by Crippen LogP contribution is 2.37. The first-order chi connectivity index (χ1) is 11.1. The van der Waals surface area contributed by atoms with Crippen LogP contribution in [0.15, 0.2) is 42.5 Å². The number of methoxy groups -OCH3 is 3. The first kappa shape index (κ1) is 17.5. The number of para-hydroxylation sites is 2. The van der Waals surface area contributed by atoms with Gasteiger partial charge in [0.2, 0.25) is 0 Å². The van der Waals surface area contributed by atoms with Crippen LogP contribution in [0, 0.1) is 0 Å². The molecular formula is C18H21BrO4. The number of halogens is 1. The third kappa shape index (κ3) is 4.10. The molecule has 23 heavy (non-hydrogen) atoms. The van der Waals surface area contributed by atoms with E-state index in [-0.39, 0.29) is 10.9 Å². The Bertz CT molecular complexity index is 645. The van der Waals surface area contributed by atoms with E-state index in [2.05, 4.69) is 15.9 Å². The summed E-state index contributed by atoms with van der Waals surface area (Å²) in [6.45, 7) is 2.00. The minimum absolute atomic E-state index is 0.00721. The average Bonchev–Trinajstić information content (AvgIpc) is 2.60. The number of alkyl halides is 1. The van der Waals surface area contributed by atoms with E-state index in [1.807, 2.05) is 49.4 Å². The summed E-state index contributed by atoms with van der Waals surface area (Å²) in [5.74, 6) is 2.83. The predicted molar refractivity (Wildman–Crippen MR) is 94.3 cm³/mol. The van der Waals surface area contributed by atoms with Crippen LogP contribution < -0.4 is 18.9 Å². The van der Waals surface area contributed by atoms with Crippen LogP contribution in [-0.4, -0.2) is 27.4 Å². The smallest absolute Gasteiger partial charge is 0.161 e. The molecule has 0 aliphatic rings. The standard InChI is InChI=1S/C18H21BrO4/c1-12(23-16-8-6-5-7-14(16)20-2)18(19)13-9-10-15(21-3)17(11-13)22-4/h5-12,18H,1-4H3/t12-,18+/m0/s1. The lowest BCUT2D eigenvalue weighted by atomic mass is 10.1. The monoisotopic (exact) mass is 380 g/mol. The quantitative estimate of drug-likeness (QED) is 0.656. The van der Waals surface area contributed by atoms with Gasteiger partial charge in [-0.25, -0.2) is 0 Å². The van der Waals surface area contributed by atoms with E-state index < -0.39 is 0 Å². The molecule has 0 bridgehead atoms. The molecule has 124 valence electrons. The summed E-state index contributed by atoms with van der Waals surface area (Å²) in [5, 5.41) is 0. The van der Waals surface area contributed by atoms with Gasteiger partial charge in [0.05, 0.1) is 26.2 Å². The topological polar surface area (TPSA) is 36.9 Å². The third-order valence-electron chi connectivity index (χ3n) is 3.52. The minimum atomic E-state index is -0.107. The Morgan fingerprint density at radius 2 is 1.35 bits per heavy atom. The van der Waals surface area contributed by atoms with Gasteiger partial charge in [0.1, 0.15) is 6.10 Å². The molecule has 0 radical (unpaired) electrons. The van der Waals surface area contributed by atoms with Crippen molar-refractivity contribution in [1.29, 1.82) is 0 Å².